The van der Waals surface area contributed by atoms with Crippen molar-refractivity contribution in [1.29, 1.82) is 0 Å². The molecule has 0 fully saturated rings. The summed E-state index contributed by atoms with van der Waals surface area (Å²) in [5.41, 5.74) is 6.15. The number of rotatable bonds is 3. The first-order valence-corrected chi connectivity index (χ1v) is 5.01. The highest BCUT2D eigenvalue weighted by Crippen LogP contribution is 2.27. The largest absolute Gasteiger partial charge is 0.480 e. The Morgan fingerprint density at radius 2 is 2.00 bits per heavy atom. The molecule has 1 aromatic carbocycles. The van der Waals surface area contributed by atoms with Crippen LogP contribution in [0.5, 0.6) is 0 Å². The van der Waals surface area contributed by atoms with Crippen LogP contribution < -0.4 is 5.73 Å². The van der Waals surface area contributed by atoms with Gasteiger partial charge in [0.05, 0.1) is 0 Å². The van der Waals surface area contributed by atoms with Gasteiger partial charge in [-0.1, -0.05) is 19.9 Å². The molecule has 88 valence electrons. The molecule has 0 heterocycles. The summed E-state index contributed by atoms with van der Waals surface area (Å²) in [5, 5.41) is 8.90. The van der Waals surface area contributed by atoms with E-state index < -0.39 is 17.4 Å². The molecule has 0 spiro atoms. The van der Waals surface area contributed by atoms with Crippen molar-refractivity contribution in [2.24, 2.45) is 5.73 Å². The Morgan fingerprint density at radius 3 is 2.44 bits per heavy atom. The predicted octanol–water partition coefficient (Wildman–Crippen LogP) is 1.82. The highest BCUT2D eigenvalue weighted by molar-refractivity contribution is 5.75. The first kappa shape index (κ1) is 12.6. The van der Waals surface area contributed by atoms with Crippen LogP contribution in [0.25, 0.3) is 0 Å². The fourth-order valence-electron chi connectivity index (χ4n) is 1.60. The summed E-state index contributed by atoms with van der Waals surface area (Å²) in [4.78, 5) is 10.9. The standard InChI is InChI=1S/C12H16FNO2/c1-7-4-8(6-9(13)5-7)12(2,3)10(14)11(15)16/h4-6,10H,14H2,1-3H3,(H,15,16). The van der Waals surface area contributed by atoms with Gasteiger partial charge in [-0.2, -0.15) is 0 Å². The third-order valence-electron chi connectivity index (χ3n) is 2.83. The van der Waals surface area contributed by atoms with E-state index in [4.69, 9.17) is 10.8 Å². The number of halogens is 1. The maximum Gasteiger partial charge on any atom is 0.321 e. The lowest BCUT2D eigenvalue weighted by atomic mass is 9.77. The van der Waals surface area contributed by atoms with Crippen LogP contribution in [0.3, 0.4) is 0 Å². The number of hydrogen-bond acceptors (Lipinski definition) is 2. The molecule has 0 aromatic heterocycles. The number of carboxylic acids is 1. The minimum atomic E-state index is -1.09. The van der Waals surface area contributed by atoms with Crippen LogP contribution in [0.1, 0.15) is 25.0 Å². The van der Waals surface area contributed by atoms with E-state index in [0.29, 0.717) is 5.56 Å². The van der Waals surface area contributed by atoms with Gasteiger partial charge in [-0.05, 0) is 30.2 Å². The summed E-state index contributed by atoms with van der Waals surface area (Å²) >= 11 is 0. The Kier molecular flexibility index (Phi) is 3.33. The average Bonchev–Trinajstić information content (AvgIpc) is 2.14. The van der Waals surface area contributed by atoms with E-state index in [-0.39, 0.29) is 5.82 Å². The van der Waals surface area contributed by atoms with Crippen LogP contribution in [-0.2, 0) is 10.2 Å². The Bertz CT molecular complexity index is 395. The van der Waals surface area contributed by atoms with Gasteiger partial charge in [-0.3, -0.25) is 4.79 Å². The molecule has 0 radical (unpaired) electrons. The van der Waals surface area contributed by atoms with Crippen LogP contribution >= 0.6 is 0 Å². The van der Waals surface area contributed by atoms with Crippen molar-refractivity contribution in [3.05, 3.63) is 35.1 Å². The lowest BCUT2D eigenvalue weighted by molar-refractivity contribution is -0.140. The van der Waals surface area contributed by atoms with E-state index in [0.717, 1.165) is 5.56 Å². The fraction of sp³-hybridized carbons (Fsp3) is 0.417. The van der Waals surface area contributed by atoms with Crippen LogP contribution in [0, 0.1) is 12.7 Å². The predicted molar refractivity (Wildman–Crippen MR) is 59.8 cm³/mol. The van der Waals surface area contributed by atoms with Gasteiger partial charge >= 0.3 is 5.97 Å². The third-order valence-corrected chi connectivity index (χ3v) is 2.83. The second kappa shape index (κ2) is 4.22. The molecule has 3 N–H and O–H groups in total. The topological polar surface area (TPSA) is 63.3 Å². The maximum absolute atomic E-state index is 13.2. The monoisotopic (exact) mass is 225 g/mol. The number of hydrogen-bond donors (Lipinski definition) is 2. The summed E-state index contributed by atoms with van der Waals surface area (Å²) < 4.78 is 13.2. The van der Waals surface area contributed by atoms with Crippen molar-refractivity contribution in [2.45, 2.75) is 32.2 Å². The van der Waals surface area contributed by atoms with Crippen LogP contribution in [0.2, 0.25) is 0 Å². The van der Waals surface area contributed by atoms with E-state index in [1.165, 1.54) is 12.1 Å². The molecule has 0 saturated heterocycles. The highest BCUT2D eigenvalue weighted by atomic mass is 19.1. The molecule has 0 saturated carbocycles. The molecule has 1 aromatic rings. The molecular weight excluding hydrogens is 209 g/mol. The van der Waals surface area contributed by atoms with Gasteiger partial charge in [0, 0.05) is 5.41 Å². The second-order valence-corrected chi connectivity index (χ2v) is 4.55. The number of carboxylic acid groups (broad SMARTS) is 1. The quantitative estimate of drug-likeness (QED) is 0.824. The van der Waals surface area contributed by atoms with E-state index in [1.807, 2.05) is 0 Å². The lowest BCUT2D eigenvalue weighted by Gasteiger charge is -2.29. The fourth-order valence-corrected chi connectivity index (χ4v) is 1.60. The molecule has 1 unspecified atom stereocenters. The molecule has 0 bridgehead atoms. The van der Waals surface area contributed by atoms with E-state index in [2.05, 4.69) is 0 Å². The third kappa shape index (κ3) is 2.39. The summed E-state index contributed by atoms with van der Waals surface area (Å²) in [6.07, 6.45) is 0. The number of benzene rings is 1. The molecule has 0 aliphatic carbocycles. The number of aliphatic carboxylic acids is 1. The van der Waals surface area contributed by atoms with Crippen molar-refractivity contribution in [3.63, 3.8) is 0 Å². The smallest absolute Gasteiger partial charge is 0.321 e. The summed E-state index contributed by atoms with van der Waals surface area (Å²) in [6.45, 7) is 5.15. The van der Waals surface area contributed by atoms with Crippen LogP contribution in [0.15, 0.2) is 18.2 Å². The molecule has 0 aliphatic rings. The van der Waals surface area contributed by atoms with Crippen molar-refractivity contribution in [2.75, 3.05) is 0 Å². The Labute approximate surface area is 94.1 Å². The Morgan fingerprint density at radius 1 is 1.44 bits per heavy atom. The van der Waals surface area contributed by atoms with Gasteiger partial charge < -0.3 is 10.8 Å². The van der Waals surface area contributed by atoms with Gasteiger partial charge in [-0.15, -0.1) is 0 Å². The molecule has 16 heavy (non-hydrogen) atoms. The number of nitrogens with two attached hydrogens (primary N) is 1. The minimum Gasteiger partial charge on any atom is -0.480 e. The summed E-state index contributed by atoms with van der Waals surface area (Å²) in [7, 11) is 0. The Balaban J connectivity index is 3.20. The molecule has 4 heteroatoms. The van der Waals surface area contributed by atoms with Crippen molar-refractivity contribution in [1.82, 2.24) is 0 Å². The average molecular weight is 225 g/mol. The molecule has 1 rings (SSSR count). The molecule has 1 atom stereocenters. The zero-order chi connectivity index (χ0) is 12.5. The van der Waals surface area contributed by atoms with Gasteiger partial charge in [0.1, 0.15) is 11.9 Å². The zero-order valence-corrected chi connectivity index (χ0v) is 9.62. The van der Waals surface area contributed by atoms with Gasteiger partial charge in [0.2, 0.25) is 0 Å². The van der Waals surface area contributed by atoms with Gasteiger partial charge in [0.25, 0.3) is 0 Å². The normalized spacial score (nSPS) is 13.6. The van der Waals surface area contributed by atoms with E-state index in [9.17, 15) is 9.18 Å². The molecule has 3 nitrogen and oxygen atoms in total. The van der Waals surface area contributed by atoms with Crippen molar-refractivity contribution >= 4 is 5.97 Å². The van der Waals surface area contributed by atoms with Crippen LogP contribution in [0.4, 0.5) is 4.39 Å². The van der Waals surface area contributed by atoms with Gasteiger partial charge in [0.15, 0.2) is 0 Å². The van der Waals surface area contributed by atoms with Gasteiger partial charge in [-0.25, -0.2) is 4.39 Å². The lowest BCUT2D eigenvalue weighted by Crippen LogP contribution is -2.46. The molecule has 0 aliphatic heterocycles. The minimum absolute atomic E-state index is 0.374. The number of carbonyl (C=O) groups is 1. The first-order valence-electron chi connectivity index (χ1n) is 5.01. The highest BCUT2D eigenvalue weighted by Gasteiger charge is 2.34. The van der Waals surface area contributed by atoms with Crippen molar-refractivity contribution < 1.29 is 14.3 Å². The summed E-state index contributed by atoms with van der Waals surface area (Å²) in [5.74, 6) is -1.47. The first-order chi connectivity index (χ1) is 7.25. The van der Waals surface area contributed by atoms with Crippen molar-refractivity contribution in [3.8, 4) is 0 Å². The number of aryl methyl sites for hydroxylation is 1. The van der Waals surface area contributed by atoms with E-state index in [1.54, 1.807) is 26.8 Å². The second-order valence-electron chi connectivity index (χ2n) is 4.55. The maximum atomic E-state index is 13.2. The SMILES string of the molecule is Cc1cc(F)cc(C(C)(C)C(N)C(=O)O)c1. The summed E-state index contributed by atoms with van der Waals surface area (Å²) in [6, 6.07) is 3.42. The molecule has 0 amide bonds. The Hall–Kier alpha value is -1.42. The van der Waals surface area contributed by atoms with E-state index >= 15 is 0 Å². The zero-order valence-electron chi connectivity index (χ0n) is 9.62. The van der Waals surface area contributed by atoms with Crippen LogP contribution in [-0.4, -0.2) is 17.1 Å². The molecular formula is C12H16FNO2.